The van der Waals surface area contributed by atoms with E-state index in [1.807, 2.05) is 13.0 Å². The Hall–Kier alpha value is -2.03. The van der Waals surface area contributed by atoms with Crippen molar-refractivity contribution in [1.29, 1.82) is 0 Å². The van der Waals surface area contributed by atoms with Gasteiger partial charge in [-0.15, -0.1) is 0 Å². The van der Waals surface area contributed by atoms with Gasteiger partial charge in [0, 0.05) is 22.3 Å². The van der Waals surface area contributed by atoms with E-state index in [-0.39, 0.29) is 12.0 Å². The molecule has 0 spiro atoms. The molecule has 0 saturated carbocycles. The third-order valence-corrected chi connectivity index (χ3v) is 5.49. The van der Waals surface area contributed by atoms with Gasteiger partial charge in [0.2, 0.25) is 0 Å². The normalized spacial score (nSPS) is 17.7. The van der Waals surface area contributed by atoms with Crippen LogP contribution in [0.5, 0.6) is 0 Å². The molecule has 1 unspecified atom stereocenters. The van der Waals surface area contributed by atoms with E-state index in [1.54, 1.807) is 27.6 Å². The monoisotopic (exact) mass is 435 g/mol. The summed E-state index contributed by atoms with van der Waals surface area (Å²) in [5.74, 6) is 0.444. The van der Waals surface area contributed by atoms with Crippen molar-refractivity contribution in [2.75, 3.05) is 19.7 Å². The molecular formula is C17H15BrClN5O2. The number of aromatic nitrogens is 4. The molecule has 1 aliphatic heterocycles. The highest BCUT2D eigenvalue weighted by Gasteiger charge is 2.28. The quantitative estimate of drug-likeness (QED) is 0.617. The summed E-state index contributed by atoms with van der Waals surface area (Å²) in [5, 5.41) is 4.73. The molecule has 1 amide bonds. The number of morpholine rings is 1. The van der Waals surface area contributed by atoms with Crippen LogP contribution >= 0.6 is 27.5 Å². The smallest absolute Gasteiger partial charge is 0.254 e. The number of fused-ring (bicyclic) bond motifs is 1. The number of nitrogens with zero attached hydrogens (tertiary/aromatic N) is 5. The van der Waals surface area contributed by atoms with Crippen LogP contribution in [-0.2, 0) is 4.74 Å². The van der Waals surface area contributed by atoms with Crippen LogP contribution in [0.15, 0.2) is 35.1 Å². The van der Waals surface area contributed by atoms with Crippen molar-refractivity contribution >= 4 is 39.2 Å². The standard InChI is InChI=1S/C17H15BrClN5O2/c1-10-6-14(24-17(22-10)20-9-21-24)15-8-23(4-5-26-15)16(25)11-2-3-12(18)13(19)7-11/h2-3,6-7,9,15H,4-5,8H2,1H3. The second-order valence-electron chi connectivity index (χ2n) is 6.03. The Bertz CT molecular complexity index is 992. The number of ether oxygens (including phenoxy) is 1. The van der Waals surface area contributed by atoms with Crippen LogP contribution in [0.25, 0.3) is 5.78 Å². The van der Waals surface area contributed by atoms with E-state index >= 15 is 0 Å². The number of amides is 1. The molecule has 4 rings (SSSR count). The molecule has 134 valence electrons. The molecule has 26 heavy (non-hydrogen) atoms. The Labute approximate surface area is 163 Å². The van der Waals surface area contributed by atoms with E-state index in [9.17, 15) is 4.79 Å². The molecule has 1 aromatic carbocycles. The van der Waals surface area contributed by atoms with Gasteiger partial charge in [-0.1, -0.05) is 11.6 Å². The second kappa shape index (κ2) is 6.94. The Morgan fingerprint density at radius 3 is 3.04 bits per heavy atom. The zero-order valence-electron chi connectivity index (χ0n) is 13.9. The lowest BCUT2D eigenvalue weighted by Crippen LogP contribution is -2.42. The first-order valence-electron chi connectivity index (χ1n) is 8.06. The van der Waals surface area contributed by atoms with Gasteiger partial charge < -0.3 is 9.64 Å². The van der Waals surface area contributed by atoms with Gasteiger partial charge in [-0.25, -0.2) is 4.98 Å². The fourth-order valence-corrected chi connectivity index (χ4v) is 3.44. The summed E-state index contributed by atoms with van der Waals surface area (Å²) in [5.41, 5.74) is 2.21. The molecule has 0 aliphatic carbocycles. The highest BCUT2D eigenvalue weighted by molar-refractivity contribution is 9.10. The number of hydrogen-bond donors (Lipinski definition) is 0. The Balaban J connectivity index is 1.62. The molecule has 1 fully saturated rings. The van der Waals surface area contributed by atoms with Crippen molar-refractivity contribution in [1.82, 2.24) is 24.5 Å². The number of rotatable bonds is 2. The van der Waals surface area contributed by atoms with E-state index in [2.05, 4.69) is 31.0 Å². The lowest BCUT2D eigenvalue weighted by atomic mass is 10.1. The van der Waals surface area contributed by atoms with E-state index in [0.717, 1.165) is 15.9 Å². The summed E-state index contributed by atoms with van der Waals surface area (Å²) in [4.78, 5) is 23.1. The minimum Gasteiger partial charge on any atom is -0.368 e. The van der Waals surface area contributed by atoms with Crippen LogP contribution in [0.1, 0.15) is 27.8 Å². The number of hydrogen-bond acceptors (Lipinski definition) is 5. The van der Waals surface area contributed by atoms with Crippen LogP contribution in [0.4, 0.5) is 0 Å². The fourth-order valence-electron chi connectivity index (χ4n) is 3.01. The molecule has 3 aromatic rings. The first kappa shape index (κ1) is 17.4. The first-order chi connectivity index (χ1) is 12.5. The molecule has 1 aliphatic rings. The molecule has 0 N–H and O–H groups in total. The minimum absolute atomic E-state index is 0.0756. The number of benzene rings is 1. The number of aryl methyl sites for hydroxylation is 1. The van der Waals surface area contributed by atoms with Crippen molar-refractivity contribution in [3.8, 4) is 0 Å². The van der Waals surface area contributed by atoms with Gasteiger partial charge in [0.05, 0.1) is 23.9 Å². The molecule has 9 heteroatoms. The topological polar surface area (TPSA) is 72.6 Å². The van der Waals surface area contributed by atoms with Gasteiger partial charge in [0.15, 0.2) is 0 Å². The molecular weight excluding hydrogens is 422 g/mol. The third-order valence-electron chi connectivity index (χ3n) is 4.26. The van der Waals surface area contributed by atoms with Crippen LogP contribution in [0.3, 0.4) is 0 Å². The first-order valence-corrected chi connectivity index (χ1v) is 9.23. The minimum atomic E-state index is -0.301. The molecule has 2 aromatic heterocycles. The van der Waals surface area contributed by atoms with Gasteiger partial charge in [0.25, 0.3) is 11.7 Å². The zero-order valence-corrected chi connectivity index (χ0v) is 16.2. The van der Waals surface area contributed by atoms with E-state index < -0.39 is 0 Å². The Morgan fingerprint density at radius 1 is 1.38 bits per heavy atom. The van der Waals surface area contributed by atoms with E-state index in [0.29, 0.717) is 36.1 Å². The van der Waals surface area contributed by atoms with Gasteiger partial charge >= 0.3 is 0 Å². The number of carbonyl (C=O) groups is 1. The summed E-state index contributed by atoms with van der Waals surface area (Å²) in [6, 6.07) is 7.12. The van der Waals surface area contributed by atoms with Gasteiger partial charge in [0.1, 0.15) is 12.4 Å². The molecule has 1 atom stereocenters. The fraction of sp³-hybridized carbons (Fsp3) is 0.294. The Morgan fingerprint density at radius 2 is 2.23 bits per heavy atom. The van der Waals surface area contributed by atoms with Crippen molar-refractivity contribution < 1.29 is 9.53 Å². The molecule has 7 nitrogen and oxygen atoms in total. The lowest BCUT2D eigenvalue weighted by Gasteiger charge is -2.33. The molecule has 0 radical (unpaired) electrons. The molecule has 1 saturated heterocycles. The summed E-state index contributed by atoms with van der Waals surface area (Å²) in [6.07, 6.45) is 1.16. The second-order valence-corrected chi connectivity index (χ2v) is 7.30. The SMILES string of the molecule is Cc1cc(C2CN(C(=O)c3ccc(Br)c(Cl)c3)CCO2)n2ncnc2n1. The molecule has 3 heterocycles. The highest BCUT2D eigenvalue weighted by Crippen LogP contribution is 2.26. The van der Waals surface area contributed by atoms with Crippen molar-refractivity contribution in [2.24, 2.45) is 0 Å². The van der Waals surface area contributed by atoms with Gasteiger partial charge in [-0.3, -0.25) is 4.79 Å². The Kier molecular flexibility index (Phi) is 4.64. The van der Waals surface area contributed by atoms with Crippen molar-refractivity contribution in [3.63, 3.8) is 0 Å². The number of carbonyl (C=O) groups excluding carboxylic acids is 1. The van der Waals surface area contributed by atoms with Crippen LogP contribution < -0.4 is 0 Å². The van der Waals surface area contributed by atoms with E-state index in [1.165, 1.54) is 6.33 Å². The summed E-state index contributed by atoms with van der Waals surface area (Å²) in [6.45, 7) is 3.28. The summed E-state index contributed by atoms with van der Waals surface area (Å²) >= 11 is 9.47. The third kappa shape index (κ3) is 3.20. The predicted octanol–water partition coefficient (Wildman–Crippen LogP) is 3.06. The summed E-state index contributed by atoms with van der Waals surface area (Å²) in [7, 11) is 0. The summed E-state index contributed by atoms with van der Waals surface area (Å²) < 4.78 is 8.33. The van der Waals surface area contributed by atoms with Crippen molar-refractivity contribution in [3.05, 3.63) is 57.0 Å². The molecule has 0 bridgehead atoms. The predicted molar refractivity (Wildman–Crippen MR) is 99.3 cm³/mol. The maximum atomic E-state index is 12.9. The van der Waals surface area contributed by atoms with Crippen LogP contribution in [-0.4, -0.2) is 50.1 Å². The number of halogens is 2. The highest BCUT2D eigenvalue weighted by atomic mass is 79.9. The van der Waals surface area contributed by atoms with Crippen molar-refractivity contribution in [2.45, 2.75) is 13.0 Å². The maximum absolute atomic E-state index is 12.9. The zero-order chi connectivity index (χ0) is 18.3. The average Bonchev–Trinajstić information content (AvgIpc) is 3.11. The van der Waals surface area contributed by atoms with Crippen LogP contribution in [0, 0.1) is 6.92 Å². The van der Waals surface area contributed by atoms with Gasteiger partial charge in [-0.05, 0) is 47.1 Å². The van der Waals surface area contributed by atoms with E-state index in [4.69, 9.17) is 16.3 Å². The average molecular weight is 437 g/mol. The lowest BCUT2D eigenvalue weighted by molar-refractivity contribution is -0.0257. The van der Waals surface area contributed by atoms with Crippen LogP contribution in [0.2, 0.25) is 5.02 Å². The largest absolute Gasteiger partial charge is 0.368 e. The maximum Gasteiger partial charge on any atom is 0.254 e. The van der Waals surface area contributed by atoms with Gasteiger partial charge in [-0.2, -0.15) is 14.6 Å².